The van der Waals surface area contributed by atoms with Gasteiger partial charge in [0.1, 0.15) is 5.75 Å². The van der Waals surface area contributed by atoms with Gasteiger partial charge >= 0.3 is 0 Å². The molecule has 0 aliphatic heterocycles. The number of nitrogen functional groups attached to an aromatic ring is 1. The molecule has 2 aromatic rings. The number of benzene rings is 2. The molecule has 0 aromatic heterocycles. The lowest BCUT2D eigenvalue weighted by Gasteiger charge is -2.09. The second kappa shape index (κ2) is 7.46. The molecule has 0 aliphatic rings. The van der Waals surface area contributed by atoms with Gasteiger partial charge in [0.05, 0.1) is 11.6 Å². The Morgan fingerprint density at radius 1 is 1.15 bits per heavy atom. The molecule has 106 valence electrons. The molecule has 2 aromatic carbocycles. The van der Waals surface area contributed by atoms with E-state index in [-0.39, 0.29) is 0 Å². The van der Waals surface area contributed by atoms with Gasteiger partial charge in [0.25, 0.3) is 0 Å². The second-order valence-electron chi connectivity index (χ2n) is 3.96. The number of halogens is 3. The molecule has 0 amide bonds. The summed E-state index contributed by atoms with van der Waals surface area (Å²) in [6, 6.07) is 11.0. The third kappa shape index (κ3) is 4.48. The zero-order valence-electron chi connectivity index (χ0n) is 10.4. The zero-order valence-corrected chi connectivity index (χ0v) is 14.3. The monoisotopic (exact) mass is 391 g/mol. The van der Waals surface area contributed by atoms with Crippen LogP contribution < -0.4 is 10.5 Å². The predicted molar refractivity (Wildman–Crippen MR) is 91.2 cm³/mol. The number of anilines is 1. The van der Waals surface area contributed by atoms with Gasteiger partial charge < -0.3 is 10.5 Å². The van der Waals surface area contributed by atoms with Gasteiger partial charge in [0, 0.05) is 25.8 Å². The summed E-state index contributed by atoms with van der Waals surface area (Å²) in [6.45, 7) is 0.558. The number of ether oxygens (including phenoxy) is 1. The third-order valence-corrected chi connectivity index (χ3v) is 4.94. The van der Waals surface area contributed by atoms with E-state index in [0.717, 1.165) is 20.8 Å². The maximum Gasteiger partial charge on any atom is 0.138 e. The summed E-state index contributed by atoms with van der Waals surface area (Å²) in [7, 11) is 0. The Morgan fingerprint density at radius 2 is 1.95 bits per heavy atom. The number of hydrogen-bond acceptors (Lipinski definition) is 3. The van der Waals surface area contributed by atoms with Gasteiger partial charge in [-0.15, -0.1) is 11.8 Å². The molecule has 0 unspecified atom stereocenters. The van der Waals surface area contributed by atoms with Gasteiger partial charge in [-0.2, -0.15) is 0 Å². The molecule has 0 fully saturated rings. The molecule has 2 rings (SSSR count). The van der Waals surface area contributed by atoms with Crippen molar-refractivity contribution in [3.63, 3.8) is 0 Å². The van der Waals surface area contributed by atoms with Crippen LogP contribution in [0.15, 0.2) is 45.8 Å². The highest BCUT2D eigenvalue weighted by Gasteiger charge is 2.04. The molecule has 0 aliphatic carbocycles. The van der Waals surface area contributed by atoms with Crippen LogP contribution in [0.25, 0.3) is 0 Å². The molecule has 0 spiro atoms. The Bertz CT molecular complexity index is 556. The summed E-state index contributed by atoms with van der Waals surface area (Å²) in [4.78, 5) is 1.13. The molecule has 0 atom stereocenters. The molecule has 0 saturated heterocycles. The second-order valence-corrected chi connectivity index (χ2v) is 6.80. The van der Waals surface area contributed by atoms with Gasteiger partial charge in [-0.3, -0.25) is 0 Å². The highest BCUT2D eigenvalue weighted by Crippen LogP contribution is 2.30. The molecular formula is C14H12BrCl2NOS. The summed E-state index contributed by atoms with van der Waals surface area (Å²) in [5.74, 6) is 1.45. The summed E-state index contributed by atoms with van der Waals surface area (Å²) in [6.07, 6.45) is 0. The normalized spacial score (nSPS) is 10.6. The van der Waals surface area contributed by atoms with E-state index in [1.54, 1.807) is 30.0 Å². The summed E-state index contributed by atoms with van der Waals surface area (Å²) >= 11 is 17.0. The van der Waals surface area contributed by atoms with Gasteiger partial charge in [0.15, 0.2) is 0 Å². The smallest absolute Gasteiger partial charge is 0.138 e. The van der Waals surface area contributed by atoms with Crippen molar-refractivity contribution >= 4 is 56.6 Å². The Hall–Kier alpha value is -0.550. The predicted octanol–water partition coefficient (Wildman–Crippen LogP) is 5.51. The van der Waals surface area contributed by atoms with Crippen molar-refractivity contribution in [2.45, 2.75) is 4.90 Å². The Kier molecular flexibility index (Phi) is 5.90. The fraction of sp³-hybridized carbons (Fsp3) is 0.143. The van der Waals surface area contributed by atoms with Gasteiger partial charge in [0.2, 0.25) is 0 Å². The molecule has 2 N–H and O–H groups in total. The van der Waals surface area contributed by atoms with E-state index >= 15 is 0 Å². The van der Waals surface area contributed by atoms with E-state index in [1.807, 2.05) is 18.2 Å². The summed E-state index contributed by atoms with van der Waals surface area (Å²) < 4.78 is 6.62. The van der Waals surface area contributed by atoms with E-state index in [0.29, 0.717) is 22.4 Å². The van der Waals surface area contributed by atoms with Crippen LogP contribution in [0.3, 0.4) is 0 Å². The van der Waals surface area contributed by atoms with Crippen LogP contribution in [0, 0.1) is 0 Å². The van der Waals surface area contributed by atoms with E-state index in [9.17, 15) is 0 Å². The van der Waals surface area contributed by atoms with Crippen molar-refractivity contribution in [1.29, 1.82) is 0 Å². The number of hydrogen-bond donors (Lipinski definition) is 1. The standard InChI is InChI=1S/C14H12BrCl2NOS/c15-11-8-10(18)2-4-14(11)20-6-5-19-13-3-1-9(16)7-12(13)17/h1-4,7-8H,5-6,18H2. The lowest BCUT2D eigenvalue weighted by molar-refractivity contribution is 0.344. The Balaban J connectivity index is 1.84. The van der Waals surface area contributed by atoms with Crippen molar-refractivity contribution in [3.8, 4) is 5.75 Å². The molecule has 0 bridgehead atoms. The van der Waals surface area contributed by atoms with Gasteiger partial charge in [-0.25, -0.2) is 0 Å². The minimum atomic E-state index is 0.524. The number of nitrogens with two attached hydrogens (primary N) is 1. The zero-order chi connectivity index (χ0) is 14.5. The van der Waals surface area contributed by atoms with Crippen molar-refractivity contribution < 1.29 is 4.74 Å². The fourth-order valence-electron chi connectivity index (χ4n) is 1.53. The van der Waals surface area contributed by atoms with Crippen molar-refractivity contribution in [2.75, 3.05) is 18.1 Å². The highest BCUT2D eigenvalue weighted by molar-refractivity contribution is 9.10. The highest BCUT2D eigenvalue weighted by atomic mass is 79.9. The van der Waals surface area contributed by atoms with E-state index < -0.39 is 0 Å². The average molecular weight is 393 g/mol. The largest absolute Gasteiger partial charge is 0.491 e. The first-order chi connectivity index (χ1) is 9.56. The quantitative estimate of drug-likeness (QED) is 0.414. The molecule has 2 nitrogen and oxygen atoms in total. The first kappa shape index (κ1) is 15.8. The van der Waals surface area contributed by atoms with Gasteiger partial charge in [-0.1, -0.05) is 23.2 Å². The maximum absolute atomic E-state index is 6.03. The molecule has 20 heavy (non-hydrogen) atoms. The number of rotatable bonds is 5. The summed E-state index contributed by atoms with van der Waals surface area (Å²) in [5, 5.41) is 1.12. The molecular weight excluding hydrogens is 381 g/mol. The van der Waals surface area contributed by atoms with Crippen LogP contribution in [0.5, 0.6) is 5.75 Å². The molecule has 0 saturated carbocycles. The van der Waals surface area contributed by atoms with Crippen molar-refractivity contribution in [1.82, 2.24) is 0 Å². The number of thioether (sulfide) groups is 1. The lowest BCUT2D eigenvalue weighted by Crippen LogP contribution is -2.00. The minimum Gasteiger partial charge on any atom is -0.491 e. The fourth-order valence-corrected chi connectivity index (χ4v) is 3.48. The molecule has 0 radical (unpaired) electrons. The van der Waals surface area contributed by atoms with Crippen molar-refractivity contribution in [2.24, 2.45) is 0 Å². The van der Waals surface area contributed by atoms with Crippen LogP contribution in [-0.4, -0.2) is 12.4 Å². The first-order valence-electron chi connectivity index (χ1n) is 5.82. The van der Waals surface area contributed by atoms with Crippen LogP contribution in [0.1, 0.15) is 0 Å². The van der Waals surface area contributed by atoms with Crippen molar-refractivity contribution in [3.05, 3.63) is 50.9 Å². The SMILES string of the molecule is Nc1ccc(SCCOc2ccc(Cl)cc2Cl)c(Br)c1. The molecule has 0 heterocycles. The first-order valence-corrected chi connectivity index (χ1v) is 8.35. The summed E-state index contributed by atoms with van der Waals surface area (Å²) in [5.41, 5.74) is 6.44. The van der Waals surface area contributed by atoms with Crippen LogP contribution in [-0.2, 0) is 0 Å². The lowest BCUT2D eigenvalue weighted by atomic mass is 10.3. The Labute approximate surface area is 140 Å². The topological polar surface area (TPSA) is 35.2 Å². The van der Waals surface area contributed by atoms with Crippen LogP contribution in [0.4, 0.5) is 5.69 Å². The maximum atomic E-state index is 6.03. The van der Waals surface area contributed by atoms with Crippen LogP contribution >= 0.6 is 50.9 Å². The minimum absolute atomic E-state index is 0.524. The molecule has 6 heteroatoms. The van der Waals surface area contributed by atoms with Crippen LogP contribution in [0.2, 0.25) is 10.0 Å². The van der Waals surface area contributed by atoms with E-state index in [4.69, 9.17) is 33.7 Å². The van der Waals surface area contributed by atoms with E-state index in [1.165, 1.54) is 0 Å². The van der Waals surface area contributed by atoms with Gasteiger partial charge in [-0.05, 0) is 52.3 Å². The third-order valence-electron chi connectivity index (χ3n) is 2.45. The average Bonchev–Trinajstić information content (AvgIpc) is 2.39. The Morgan fingerprint density at radius 3 is 2.65 bits per heavy atom. The van der Waals surface area contributed by atoms with E-state index in [2.05, 4.69) is 15.9 Å².